The average molecular weight is 316 g/mol. The number of thioether (sulfide) groups is 1. The topological polar surface area (TPSA) is 92.8 Å². The summed E-state index contributed by atoms with van der Waals surface area (Å²) in [4.78, 5) is 0.251. The van der Waals surface area contributed by atoms with Gasteiger partial charge < -0.3 is 10.9 Å². The van der Waals surface area contributed by atoms with Crippen LogP contribution in [0.15, 0.2) is 34.3 Å². The van der Waals surface area contributed by atoms with Crippen molar-refractivity contribution in [1.82, 2.24) is 0 Å². The van der Waals surface area contributed by atoms with Gasteiger partial charge in [0.15, 0.2) is 15.7 Å². The fraction of sp³-hybridized carbons (Fsp3) is 0.462. The Labute approximate surface area is 124 Å². The first kappa shape index (κ1) is 16.8. The highest BCUT2D eigenvalue weighted by Crippen LogP contribution is 2.24. The van der Waals surface area contributed by atoms with Crippen molar-refractivity contribution < 1.29 is 13.6 Å². The van der Waals surface area contributed by atoms with Gasteiger partial charge in [-0.25, -0.2) is 8.42 Å². The van der Waals surface area contributed by atoms with Crippen molar-refractivity contribution in [3.8, 4) is 0 Å². The zero-order chi connectivity index (χ0) is 15.4. The summed E-state index contributed by atoms with van der Waals surface area (Å²) >= 11 is 1.62. The zero-order valence-electron chi connectivity index (χ0n) is 11.8. The minimum Gasteiger partial charge on any atom is -0.409 e. The van der Waals surface area contributed by atoms with Gasteiger partial charge in [0.25, 0.3) is 0 Å². The van der Waals surface area contributed by atoms with E-state index in [1.807, 2.05) is 0 Å². The molecule has 1 aromatic rings. The van der Waals surface area contributed by atoms with Gasteiger partial charge in [-0.3, -0.25) is 0 Å². The highest BCUT2D eigenvalue weighted by atomic mass is 32.2. The van der Waals surface area contributed by atoms with Crippen molar-refractivity contribution in [2.75, 3.05) is 11.5 Å². The monoisotopic (exact) mass is 316 g/mol. The maximum Gasteiger partial charge on any atom is 0.179 e. The second kappa shape index (κ2) is 6.49. The van der Waals surface area contributed by atoms with Gasteiger partial charge in [0.2, 0.25) is 0 Å². The van der Waals surface area contributed by atoms with Crippen molar-refractivity contribution in [2.24, 2.45) is 10.9 Å². The summed E-state index contributed by atoms with van der Waals surface area (Å²) in [5.74, 6) is 0.600. The molecule has 0 atom stereocenters. The molecule has 0 aromatic heterocycles. The number of rotatable bonds is 5. The van der Waals surface area contributed by atoms with Crippen LogP contribution in [0.4, 0.5) is 0 Å². The third kappa shape index (κ3) is 5.05. The SMILES string of the molecule is CC(C)(C)SCCS(=O)(=O)c1ccc(/C(N)=N/O)cc1. The van der Waals surface area contributed by atoms with Gasteiger partial charge in [0.05, 0.1) is 10.6 Å². The zero-order valence-corrected chi connectivity index (χ0v) is 13.5. The molecule has 0 fully saturated rings. The summed E-state index contributed by atoms with van der Waals surface area (Å²) in [6.07, 6.45) is 0. The maximum absolute atomic E-state index is 12.1. The summed E-state index contributed by atoms with van der Waals surface area (Å²) in [5, 5.41) is 11.4. The molecule has 5 nitrogen and oxygen atoms in total. The number of benzene rings is 1. The van der Waals surface area contributed by atoms with Gasteiger partial charge in [-0.05, 0) is 24.3 Å². The van der Waals surface area contributed by atoms with Gasteiger partial charge in [0, 0.05) is 16.1 Å². The van der Waals surface area contributed by atoms with Gasteiger partial charge in [0.1, 0.15) is 0 Å². The highest BCUT2D eigenvalue weighted by molar-refractivity contribution is 8.01. The molecule has 0 aliphatic carbocycles. The van der Waals surface area contributed by atoms with Crippen molar-refractivity contribution in [1.29, 1.82) is 0 Å². The minimum absolute atomic E-state index is 0.0442. The van der Waals surface area contributed by atoms with E-state index in [-0.39, 0.29) is 21.2 Å². The number of nitrogens with zero attached hydrogens (tertiary/aromatic N) is 1. The van der Waals surface area contributed by atoms with Gasteiger partial charge >= 0.3 is 0 Å². The number of hydrogen-bond donors (Lipinski definition) is 2. The molecule has 3 N–H and O–H groups in total. The van der Waals surface area contributed by atoms with Crippen LogP contribution >= 0.6 is 11.8 Å². The lowest BCUT2D eigenvalue weighted by Crippen LogP contribution is -2.15. The molecular weight excluding hydrogens is 296 g/mol. The van der Waals surface area contributed by atoms with Crippen LogP contribution in [-0.2, 0) is 9.84 Å². The summed E-state index contributed by atoms with van der Waals surface area (Å²) in [5.41, 5.74) is 5.91. The molecular formula is C13H20N2O3S2. The van der Waals surface area contributed by atoms with E-state index in [0.717, 1.165) is 0 Å². The smallest absolute Gasteiger partial charge is 0.179 e. The summed E-state index contributed by atoms with van der Waals surface area (Å²) < 4.78 is 24.3. The van der Waals surface area contributed by atoms with E-state index in [9.17, 15) is 8.42 Å². The molecule has 20 heavy (non-hydrogen) atoms. The van der Waals surface area contributed by atoms with Crippen LogP contribution in [0.1, 0.15) is 26.3 Å². The molecule has 0 amide bonds. The molecule has 0 bridgehead atoms. The Bertz CT molecular complexity index is 573. The summed E-state index contributed by atoms with van der Waals surface area (Å²) in [7, 11) is -3.30. The van der Waals surface area contributed by atoms with E-state index in [1.54, 1.807) is 11.8 Å². The van der Waals surface area contributed by atoms with Crippen LogP contribution in [0, 0.1) is 0 Å². The molecule has 0 saturated carbocycles. The standard InChI is InChI=1S/C13H20N2O3S2/c1-13(2,3)19-8-9-20(17,18)11-6-4-10(5-7-11)12(14)15-16/h4-7,16H,8-9H2,1-3H3,(H2,14,15). The van der Waals surface area contributed by atoms with Crippen LogP contribution in [0.2, 0.25) is 0 Å². The Balaban J connectivity index is 2.78. The van der Waals surface area contributed by atoms with E-state index in [2.05, 4.69) is 25.9 Å². The van der Waals surface area contributed by atoms with Crippen molar-refractivity contribution >= 4 is 27.4 Å². The molecule has 1 aromatic carbocycles. The van der Waals surface area contributed by atoms with Crippen LogP contribution < -0.4 is 5.73 Å². The maximum atomic E-state index is 12.1. The average Bonchev–Trinajstić information content (AvgIpc) is 2.36. The summed E-state index contributed by atoms with van der Waals surface area (Å²) in [6.45, 7) is 6.16. The summed E-state index contributed by atoms with van der Waals surface area (Å²) in [6, 6.07) is 6.01. The largest absolute Gasteiger partial charge is 0.409 e. The number of hydrogen-bond acceptors (Lipinski definition) is 5. The Kier molecular flexibility index (Phi) is 5.47. The van der Waals surface area contributed by atoms with Crippen LogP contribution in [-0.4, -0.2) is 35.7 Å². The molecule has 0 unspecified atom stereocenters. The number of oxime groups is 1. The number of nitrogens with two attached hydrogens (primary N) is 1. The van der Waals surface area contributed by atoms with Crippen LogP contribution in [0.25, 0.3) is 0 Å². The first-order valence-electron chi connectivity index (χ1n) is 6.10. The first-order chi connectivity index (χ1) is 9.15. The lowest BCUT2D eigenvalue weighted by Gasteiger charge is -2.17. The lowest BCUT2D eigenvalue weighted by molar-refractivity contribution is 0.318. The Morgan fingerprint density at radius 1 is 1.30 bits per heavy atom. The van der Waals surface area contributed by atoms with E-state index < -0.39 is 9.84 Å². The molecule has 1 rings (SSSR count). The molecule has 0 spiro atoms. The number of amidine groups is 1. The third-order valence-electron chi connectivity index (χ3n) is 2.50. The quantitative estimate of drug-likeness (QED) is 0.375. The van der Waals surface area contributed by atoms with E-state index in [1.165, 1.54) is 24.3 Å². The predicted octanol–water partition coefficient (Wildman–Crippen LogP) is 2.09. The Hall–Kier alpha value is -1.21. The molecule has 0 saturated heterocycles. The van der Waals surface area contributed by atoms with Crippen molar-refractivity contribution in [3.05, 3.63) is 29.8 Å². The van der Waals surface area contributed by atoms with Gasteiger partial charge in [-0.2, -0.15) is 11.8 Å². The number of sulfone groups is 1. The molecule has 112 valence electrons. The fourth-order valence-electron chi connectivity index (χ4n) is 1.47. The lowest BCUT2D eigenvalue weighted by atomic mass is 10.2. The van der Waals surface area contributed by atoms with Gasteiger partial charge in [-0.15, -0.1) is 0 Å². The fourth-order valence-corrected chi connectivity index (χ4v) is 4.08. The minimum atomic E-state index is -3.30. The second-order valence-electron chi connectivity index (χ2n) is 5.29. The molecule has 0 aliphatic heterocycles. The van der Waals surface area contributed by atoms with Crippen molar-refractivity contribution in [2.45, 2.75) is 30.4 Å². The third-order valence-corrected chi connectivity index (χ3v) is 5.77. The Morgan fingerprint density at radius 3 is 2.30 bits per heavy atom. The second-order valence-corrected chi connectivity index (χ2v) is 9.32. The molecule has 0 radical (unpaired) electrons. The molecule has 0 aliphatic rings. The molecule has 0 heterocycles. The normalized spacial score (nSPS) is 13.4. The van der Waals surface area contributed by atoms with Crippen molar-refractivity contribution in [3.63, 3.8) is 0 Å². The van der Waals surface area contributed by atoms with E-state index in [4.69, 9.17) is 10.9 Å². The van der Waals surface area contributed by atoms with Gasteiger partial charge in [-0.1, -0.05) is 25.9 Å². The van der Waals surface area contributed by atoms with Crippen LogP contribution in [0.3, 0.4) is 0 Å². The van der Waals surface area contributed by atoms with Crippen LogP contribution in [0.5, 0.6) is 0 Å². The highest BCUT2D eigenvalue weighted by Gasteiger charge is 2.17. The molecule has 7 heteroatoms. The van der Waals surface area contributed by atoms with E-state index >= 15 is 0 Å². The predicted molar refractivity (Wildman–Crippen MR) is 83.2 cm³/mol. The Morgan fingerprint density at radius 2 is 1.85 bits per heavy atom. The first-order valence-corrected chi connectivity index (χ1v) is 8.74. The van der Waals surface area contributed by atoms with E-state index in [0.29, 0.717) is 11.3 Å².